The first kappa shape index (κ1) is 12.0. The van der Waals surface area contributed by atoms with E-state index in [9.17, 15) is 0 Å². The molecule has 0 amide bonds. The predicted octanol–water partition coefficient (Wildman–Crippen LogP) is -0.191. The van der Waals surface area contributed by atoms with Crippen LogP contribution in [0.15, 0.2) is 0 Å². The van der Waals surface area contributed by atoms with Crippen LogP contribution in [-0.4, -0.2) is 51.2 Å². The van der Waals surface area contributed by atoms with E-state index in [-0.39, 0.29) is 17.2 Å². The molecule has 0 aromatic carbocycles. The normalized spacial score (nSPS) is 35.2. The van der Waals surface area contributed by atoms with Gasteiger partial charge in [0, 0.05) is 20.0 Å². The van der Waals surface area contributed by atoms with E-state index in [0.717, 1.165) is 18.8 Å². The highest BCUT2D eigenvalue weighted by molar-refractivity contribution is 5.11. The fourth-order valence-electron chi connectivity index (χ4n) is 2.95. The molecular weight excluding hydrogens is 234 g/mol. The molecule has 1 N–H and O–H groups in total. The number of rotatable bonds is 1. The zero-order valence-electron chi connectivity index (χ0n) is 11.0. The quantitative estimate of drug-likeness (QED) is 0.747. The lowest BCUT2D eigenvalue weighted by atomic mass is 9.85. The first-order valence-electron chi connectivity index (χ1n) is 6.26. The summed E-state index contributed by atoms with van der Waals surface area (Å²) in [6, 6.07) is -0.0203. The Kier molecular flexibility index (Phi) is 2.65. The van der Waals surface area contributed by atoms with Gasteiger partial charge in [0.2, 0.25) is 0 Å². The van der Waals surface area contributed by atoms with Crippen LogP contribution >= 0.6 is 0 Å². The number of aryl methyl sites for hydroxylation is 1. The molecule has 1 spiro atoms. The van der Waals surface area contributed by atoms with Crippen molar-refractivity contribution in [2.45, 2.75) is 37.5 Å². The van der Waals surface area contributed by atoms with E-state index in [1.165, 1.54) is 0 Å². The SMILES string of the molecule is Cn1nnnc1C1NCCOC12COC(C)(C)C2. The van der Waals surface area contributed by atoms with Gasteiger partial charge in [-0.25, -0.2) is 4.68 Å². The summed E-state index contributed by atoms with van der Waals surface area (Å²) >= 11 is 0. The van der Waals surface area contributed by atoms with E-state index in [4.69, 9.17) is 9.47 Å². The maximum Gasteiger partial charge on any atom is 0.171 e. The highest BCUT2D eigenvalue weighted by Crippen LogP contribution is 2.43. The molecule has 0 aliphatic carbocycles. The summed E-state index contributed by atoms with van der Waals surface area (Å²) in [5.74, 6) is 0.802. The summed E-state index contributed by atoms with van der Waals surface area (Å²) in [6.45, 7) is 6.25. The van der Waals surface area contributed by atoms with Crippen LogP contribution in [0, 0.1) is 0 Å². The van der Waals surface area contributed by atoms with Crippen LogP contribution in [0.3, 0.4) is 0 Å². The third kappa shape index (κ3) is 1.82. The van der Waals surface area contributed by atoms with E-state index in [0.29, 0.717) is 13.2 Å². The summed E-state index contributed by atoms with van der Waals surface area (Å²) in [6.07, 6.45) is 0.838. The second-order valence-corrected chi connectivity index (χ2v) is 5.69. The van der Waals surface area contributed by atoms with Crippen molar-refractivity contribution in [2.75, 3.05) is 19.8 Å². The smallest absolute Gasteiger partial charge is 0.171 e. The summed E-state index contributed by atoms with van der Waals surface area (Å²) in [4.78, 5) is 0. The van der Waals surface area contributed by atoms with Gasteiger partial charge in [0.05, 0.1) is 18.8 Å². The Morgan fingerprint density at radius 2 is 2.22 bits per heavy atom. The minimum atomic E-state index is -0.357. The van der Waals surface area contributed by atoms with Crippen molar-refractivity contribution in [3.63, 3.8) is 0 Å². The van der Waals surface area contributed by atoms with Crippen molar-refractivity contribution >= 4 is 0 Å². The zero-order valence-corrected chi connectivity index (χ0v) is 11.0. The molecule has 7 heteroatoms. The lowest BCUT2D eigenvalue weighted by molar-refractivity contribution is -0.102. The molecule has 2 unspecified atom stereocenters. The van der Waals surface area contributed by atoms with Crippen LogP contribution in [0.4, 0.5) is 0 Å². The van der Waals surface area contributed by atoms with Gasteiger partial charge >= 0.3 is 0 Å². The third-order valence-corrected chi connectivity index (χ3v) is 3.71. The Labute approximate surface area is 106 Å². The number of morpholine rings is 1. The van der Waals surface area contributed by atoms with Gasteiger partial charge in [-0.15, -0.1) is 5.10 Å². The Morgan fingerprint density at radius 1 is 1.39 bits per heavy atom. The fraction of sp³-hybridized carbons (Fsp3) is 0.909. The fourth-order valence-corrected chi connectivity index (χ4v) is 2.95. The van der Waals surface area contributed by atoms with Gasteiger partial charge in [0.25, 0.3) is 0 Å². The Bertz CT molecular complexity index is 446. The molecule has 7 nitrogen and oxygen atoms in total. The summed E-state index contributed by atoms with van der Waals surface area (Å²) in [7, 11) is 1.85. The van der Waals surface area contributed by atoms with E-state index in [1.807, 2.05) is 7.05 Å². The molecule has 3 rings (SSSR count). The number of hydrogen-bond acceptors (Lipinski definition) is 6. The number of hydrogen-bond donors (Lipinski definition) is 1. The second kappa shape index (κ2) is 3.97. The minimum Gasteiger partial charge on any atom is -0.372 e. The maximum absolute atomic E-state index is 6.06. The molecule has 100 valence electrons. The highest BCUT2D eigenvalue weighted by Gasteiger charge is 2.53. The van der Waals surface area contributed by atoms with Gasteiger partial charge in [-0.3, -0.25) is 0 Å². The molecular formula is C11H19N5O2. The molecule has 2 aliphatic rings. The van der Waals surface area contributed by atoms with Crippen molar-refractivity contribution in [1.29, 1.82) is 0 Å². The highest BCUT2D eigenvalue weighted by atomic mass is 16.6. The lowest BCUT2D eigenvalue weighted by Crippen LogP contribution is -2.54. The zero-order chi connectivity index (χ0) is 12.8. The first-order chi connectivity index (χ1) is 8.53. The number of tetrazole rings is 1. The van der Waals surface area contributed by atoms with Crippen molar-refractivity contribution in [2.24, 2.45) is 7.05 Å². The number of nitrogens with one attached hydrogen (secondary N) is 1. The predicted molar refractivity (Wildman–Crippen MR) is 62.9 cm³/mol. The van der Waals surface area contributed by atoms with E-state index in [2.05, 4.69) is 34.7 Å². The lowest BCUT2D eigenvalue weighted by Gasteiger charge is -2.40. The Morgan fingerprint density at radius 3 is 2.83 bits per heavy atom. The molecule has 0 bridgehead atoms. The molecule has 0 radical (unpaired) electrons. The van der Waals surface area contributed by atoms with Crippen molar-refractivity contribution < 1.29 is 9.47 Å². The van der Waals surface area contributed by atoms with E-state index >= 15 is 0 Å². The average Bonchev–Trinajstić information content (AvgIpc) is 2.85. The molecule has 0 saturated carbocycles. The number of nitrogens with zero attached hydrogens (tertiary/aromatic N) is 4. The van der Waals surface area contributed by atoms with Gasteiger partial charge < -0.3 is 14.8 Å². The van der Waals surface area contributed by atoms with Crippen LogP contribution in [0.1, 0.15) is 32.1 Å². The number of aromatic nitrogens is 4. The average molecular weight is 253 g/mol. The van der Waals surface area contributed by atoms with Crippen molar-refractivity contribution in [3.8, 4) is 0 Å². The molecule has 18 heavy (non-hydrogen) atoms. The van der Waals surface area contributed by atoms with Gasteiger partial charge in [0.1, 0.15) is 11.6 Å². The van der Waals surface area contributed by atoms with E-state index < -0.39 is 0 Å². The van der Waals surface area contributed by atoms with Gasteiger partial charge in [-0.1, -0.05) is 0 Å². The topological polar surface area (TPSA) is 74.1 Å². The third-order valence-electron chi connectivity index (χ3n) is 3.71. The summed E-state index contributed by atoms with van der Waals surface area (Å²) in [5.41, 5.74) is -0.520. The van der Waals surface area contributed by atoms with Crippen LogP contribution in [-0.2, 0) is 16.5 Å². The molecule has 3 heterocycles. The van der Waals surface area contributed by atoms with Crippen LogP contribution in [0.5, 0.6) is 0 Å². The summed E-state index contributed by atoms with van der Waals surface area (Å²) < 4.78 is 13.6. The largest absolute Gasteiger partial charge is 0.372 e. The van der Waals surface area contributed by atoms with Crippen molar-refractivity contribution in [1.82, 2.24) is 25.5 Å². The van der Waals surface area contributed by atoms with Gasteiger partial charge in [0.15, 0.2) is 5.82 Å². The first-order valence-corrected chi connectivity index (χ1v) is 6.26. The maximum atomic E-state index is 6.06. The van der Waals surface area contributed by atoms with Crippen LogP contribution in [0.2, 0.25) is 0 Å². The molecule has 2 atom stereocenters. The standard InChI is InChI=1S/C11H19N5O2/c1-10(2)6-11(7-18-10)8(12-4-5-17-11)9-13-14-15-16(9)3/h8,12H,4-7H2,1-3H3. The number of ether oxygens (including phenoxy) is 2. The summed E-state index contributed by atoms with van der Waals surface area (Å²) in [5, 5.41) is 15.2. The van der Waals surface area contributed by atoms with Gasteiger partial charge in [-0.2, -0.15) is 0 Å². The second-order valence-electron chi connectivity index (χ2n) is 5.69. The van der Waals surface area contributed by atoms with Crippen molar-refractivity contribution in [3.05, 3.63) is 5.82 Å². The monoisotopic (exact) mass is 253 g/mol. The van der Waals surface area contributed by atoms with Gasteiger partial charge in [-0.05, 0) is 24.3 Å². The Hall–Kier alpha value is -1.05. The molecule has 1 aromatic heterocycles. The minimum absolute atomic E-state index is 0.0203. The molecule has 2 fully saturated rings. The van der Waals surface area contributed by atoms with E-state index in [1.54, 1.807) is 4.68 Å². The van der Waals surface area contributed by atoms with Crippen LogP contribution in [0.25, 0.3) is 0 Å². The molecule has 2 saturated heterocycles. The van der Waals surface area contributed by atoms with Crippen LogP contribution < -0.4 is 5.32 Å². The molecule has 2 aliphatic heterocycles. The Balaban J connectivity index is 1.94. The molecule has 1 aromatic rings.